The fourth-order valence-corrected chi connectivity index (χ4v) is 6.92. The summed E-state index contributed by atoms with van der Waals surface area (Å²) >= 11 is 0.699. The number of hydrogen-bond donors (Lipinski definition) is 2. The smallest absolute Gasteiger partial charge is 0.417 e. The molecular formula is C32H34F5N5O2S. The number of nitrogens with two attached hydrogens (primary N) is 1. The zero-order chi connectivity index (χ0) is 32.7. The van der Waals surface area contributed by atoms with Crippen LogP contribution in [0.25, 0.3) is 32.1 Å². The molecule has 2 fully saturated rings. The van der Waals surface area contributed by atoms with Crippen LogP contribution in [0.5, 0.6) is 11.9 Å². The molecule has 45 heavy (non-hydrogen) atoms. The van der Waals surface area contributed by atoms with Gasteiger partial charge in [-0.3, -0.25) is 0 Å². The maximum absolute atomic E-state index is 16.2. The molecule has 3 heterocycles. The van der Waals surface area contributed by atoms with Gasteiger partial charge in [-0.15, -0.1) is 11.3 Å². The zero-order valence-electron chi connectivity index (χ0n) is 25.4. The lowest BCUT2D eigenvalue weighted by Gasteiger charge is -2.53. The number of nitrogen functional groups attached to an aromatic ring is 1. The molecule has 4 aromatic rings. The van der Waals surface area contributed by atoms with Gasteiger partial charge in [-0.1, -0.05) is 46.1 Å². The van der Waals surface area contributed by atoms with Crippen LogP contribution in [-0.4, -0.2) is 36.3 Å². The zero-order valence-corrected chi connectivity index (χ0v) is 26.2. The van der Waals surface area contributed by atoms with E-state index in [-0.39, 0.29) is 55.0 Å². The molecule has 2 aromatic heterocycles. The highest BCUT2D eigenvalue weighted by molar-refractivity contribution is 7.23. The number of rotatable bonds is 7. The van der Waals surface area contributed by atoms with E-state index in [2.05, 4.69) is 36.1 Å². The van der Waals surface area contributed by atoms with Crippen LogP contribution < -0.4 is 20.5 Å². The van der Waals surface area contributed by atoms with Crippen LogP contribution in [0.3, 0.4) is 0 Å². The first-order chi connectivity index (χ1) is 21.4. The van der Waals surface area contributed by atoms with Gasteiger partial charge < -0.3 is 20.5 Å². The highest BCUT2D eigenvalue weighted by Gasteiger charge is 2.50. The largest absolute Gasteiger partial charge is 0.474 e. The first kappa shape index (κ1) is 32.6. The van der Waals surface area contributed by atoms with Crippen molar-refractivity contribution in [2.24, 2.45) is 11.3 Å². The number of nitrogens with zero attached hydrogens (tertiary/aromatic N) is 3. The van der Waals surface area contributed by atoms with Gasteiger partial charge in [0.25, 0.3) is 0 Å². The van der Waals surface area contributed by atoms with Crippen molar-refractivity contribution in [3.8, 4) is 29.1 Å². The molecule has 13 heteroatoms. The van der Waals surface area contributed by atoms with E-state index in [1.807, 2.05) is 0 Å². The molecule has 2 aromatic carbocycles. The van der Waals surface area contributed by atoms with Crippen LogP contribution >= 0.6 is 11.3 Å². The summed E-state index contributed by atoms with van der Waals surface area (Å²) in [5, 5.41) is 12.2. The van der Waals surface area contributed by atoms with E-state index in [4.69, 9.17) is 15.2 Å². The molecule has 1 aliphatic heterocycles. The van der Waals surface area contributed by atoms with Gasteiger partial charge in [-0.25, -0.2) is 8.78 Å². The van der Waals surface area contributed by atoms with Crippen molar-refractivity contribution in [3.63, 3.8) is 0 Å². The van der Waals surface area contributed by atoms with Crippen LogP contribution in [0.1, 0.15) is 64.0 Å². The highest BCUT2D eigenvalue weighted by atomic mass is 32.1. The average molecular weight is 648 g/mol. The summed E-state index contributed by atoms with van der Waals surface area (Å²) in [5.41, 5.74) is 2.68. The monoisotopic (exact) mass is 647 g/mol. The summed E-state index contributed by atoms with van der Waals surface area (Å²) in [4.78, 5) is 8.07. The van der Waals surface area contributed by atoms with Crippen LogP contribution in [0.15, 0.2) is 18.2 Å². The van der Waals surface area contributed by atoms with E-state index in [1.54, 1.807) is 6.07 Å². The SMILES string of the molecule is CCCC(C)CC.COc1nc(OC2CC3(CNC3)C2)c2cc(C(F)(F)F)c(-c3ccc(F)c4sc(N)c(C#N)c34)c(F)c2n1. The van der Waals surface area contributed by atoms with Gasteiger partial charge in [0.2, 0.25) is 5.88 Å². The molecule has 1 aliphatic carbocycles. The van der Waals surface area contributed by atoms with E-state index in [0.29, 0.717) is 24.2 Å². The summed E-state index contributed by atoms with van der Waals surface area (Å²) in [6.45, 7) is 8.47. The summed E-state index contributed by atoms with van der Waals surface area (Å²) in [5.74, 6) is -1.41. The lowest BCUT2D eigenvalue weighted by Crippen LogP contribution is -2.62. The van der Waals surface area contributed by atoms with Crippen molar-refractivity contribution >= 4 is 37.3 Å². The minimum atomic E-state index is -5.03. The van der Waals surface area contributed by atoms with Gasteiger partial charge in [0.05, 0.1) is 28.3 Å². The number of aromatic nitrogens is 2. The normalized spacial score (nSPS) is 16.4. The van der Waals surface area contributed by atoms with E-state index in [9.17, 15) is 22.8 Å². The molecule has 1 spiro atoms. The quantitative estimate of drug-likeness (QED) is 0.195. The second-order valence-corrected chi connectivity index (χ2v) is 12.9. The van der Waals surface area contributed by atoms with Gasteiger partial charge in [-0.2, -0.15) is 28.4 Å². The Balaban J connectivity index is 0.000000515. The molecule has 1 atom stereocenters. The molecule has 1 unspecified atom stereocenters. The second kappa shape index (κ2) is 12.6. The third-order valence-electron chi connectivity index (χ3n) is 8.64. The Kier molecular flexibility index (Phi) is 9.11. The Morgan fingerprint density at radius 3 is 2.44 bits per heavy atom. The van der Waals surface area contributed by atoms with Crippen molar-refractivity contribution in [1.29, 1.82) is 5.26 Å². The average Bonchev–Trinajstić information content (AvgIpc) is 3.30. The molecule has 3 N–H and O–H groups in total. The first-order valence-electron chi connectivity index (χ1n) is 14.8. The number of hydrogen-bond acceptors (Lipinski definition) is 8. The van der Waals surface area contributed by atoms with Gasteiger partial charge in [0.1, 0.15) is 28.5 Å². The van der Waals surface area contributed by atoms with Crippen molar-refractivity contribution in [1.82, 2.24) is 15.3 Å². The number of anilines is 1. The highest BCUT2D eigenvalue weighted by Crippen LogP contribution is 2.49. The Labute approximate surface area is 261 Å². The van der Waals surface area contributed by atoms with Crippen molar-refractivity contribution in [2.75, 3.05) is 25.9 Å². The Bertz CT molecular complexity index is 1770. The van der Waals surface area contributed by atoms with Gasteiger partial charge in [0.15, 0.2) is 5.82 Å². The predicted molar refractivity (Wildman–Crippen MR) is 164 cm³/mol. The third kappa shape index (κ3) is 6.10. The molecule has 2 aliphatic rings. The van der Waals surface area contributed by atoms with Crippen molar-refractivity contribution < 1.29 is 31.4 Å². The van der Waals surface area contributed by atoms with Crippen LogP contribution in [0.2, 0.25) is 0 Å². The molecule has 7 nitrogen and oxygen atoms in total. The van der Waals surface area contributed by atoms with Crippen LogP contribution in [-0.2, 0) is 6.18 Å². The molecule has 1 saturated carbocycles. The van der Waals surface area contributed by atoms with Crippen LogP contribution in [0, 0.1) is 34.3 Å². The number of ether oxygens (including phenoxy) is 2. The molecule has 0 bridgehead atoms. The maximum atomic E-state index is 16.2. The maximum Gasteiger partial charge on any atom is 0.417 e. The number of halogens is 5. The topological polar surface area (TPSA) is 106 Å². The lowest BCUT2D eigenvalue weighted by molar-refractivity contribution is -0.137. The van der Waals surface area contributed by atoms with E-state index >= 15 is 4.39 Å². The Morgan fingerprint density at radius 1 is 1.20 bits per heavy atom. The summed E-state index contributed by atoms with van der Waals surface area (Å²) < 4.78 is 85.0. The number of nitriles is 1. The van der Waals surface area contributed by atoms with Crippen molar-refractivity contribution in [3.05, 3.63) is 41.0 Å². The second-order valence-electron chi connectivity index (χ2n) is 11.8. The Morgan fingerprint density at radius 2 is 1.91 bits per heavy atom. The van der Waals surface area contributed by atoms with Gasteiger partial charge in [0, 0.05) is 29.5 Å². The minimum absolute atomic E-state index is 0.0942. The molecule has 6 rings (SSSR count). The predicted octanol–water partition coefficient (Wildman–Crippen LogP) is 8.23. The number of thiophene rings is 1. The molecule has 1 saturated heterocycles. The molecule has 0 amide bonds. The van der Waals surface area contributed by atoms with Gasteiger partial charge >= 0.3 is 12.2 Å². The lowest BCUT2D eigenvalue weighted by atomic mass is 9.63. The first-order valence-corrected chi connectivity index (χ1v) is 15.6. The van der Waals surface area contributed by atoms with Crippen LogP contribution in [0.4, 0.5) is 27.0 Å². The molecule has 240 valence electrons. The molecular weight excluding hydrogens is 613 g/mol. The van der Waals surface area contributed by atoms with E-state index in [1.165, 1.54) is 26.4 Å². The number of fused-ring (bicyclic) bond motifs is 2. The fraction of sp³-hybridized carbons (Fsp3) is 0.469. The number of methoxy groups -OCH3 is 1. The number of nitrogens with one attached hydrogen (secondary N) is 1. The number of alkyl halides is 3. The van der Waals surface area contributed by atoms with E-state index < -0.39 is 34.5 Å². The van der Waals surface area contributed by atoms with Crippen molar-refractivity contribution in [2.45, 2.75) is 65.2 Å². The fourth-order valence-electron chi connectivity index (χ4n) is 5.97. The summed E-state index contributed by atoms with van der Waals surface area (Å²) in [6.07, 6.45) is 0.115. The Hall–Kier alpha value is -3.76. The summed E-state index contributed by atoms with van der Waals surface area (Å²) in [6, 6.07) is 4.13. The third-order valence-corrected chi connectivity index (χ3v) is 9.67. The minimum Gasteiger partial charge on any atom is -0.474 e. The number of benzene rings is 2. The summed E-state index contributed by atoms with van der Waals surface area (Å²) in [7, 11) is 1.24. The molecule has 0 radical (unpaired) electrons. The standard InChI is InChI=1S/C25H18F5N5O2S.C7H16/c1-36-23-34-19-12(22(35-23)37-10-5-24(6-10)8-33-9-24)4-14(25(28,29)30)17(18(19)27)11-2-3-15(26)20-16(11)13(7-31)21(32)38-20;1-4-6-7(3)5-2/h2-4,10,33H,5-6,8-9,32H2,1H3;7H,4-6H2,1-3H3. The van der Waals surface area contributed by atoms with Gasteiger partial charge in [-0.05, 0) is 36.5 Å². The van der Waals surface area contributed by atoms with E-state index in [0.717, 1.165) is 37.2 Å².